The molecule has 0 saturated heterocycles. The van der Waals surface area contributed by atoms with Gasteiger partial charge in [0, 0.05) is 0 Å². The standard InChI is InChI=1S/C8H7AsO4/c9-6-3-4(7(10)11)1-2-5(6)8(12)13/h1-3H,9H2,(H,10,11)(H,12,13). The summed E-state index contributed by atoms with van der Waals surface area (Å²) in [5.41, 5.74) is 0.273. The summed E-state index contributed by atoms with van der Waals surface area (Å²) in [6, 6.07) is 3.96. The van der Waals surface area contributed by atoms with Crippen LogP contribution in [-0.4, -0.2) is 39.0 Å². The Kier molecular flexibility index (Phi) is 2.73. The Morgan fingerprint density at radius 1 is 1.15 bits per heavy atom. The molecule has 0 aliphatic rings. The van der Waals surface area contributed by atoms with E-state index in [1.165, 1.54) is 18.2 Å². The molecule has 13 heavy (non-hydrogen) atoms. The van der Waals surface area contributed by atoms with Crippen molar-refractivity contribution >= 4 is 33.1 Å². The monoisotopic (exact) mass is 242 g/mol. The van der Waals surface area contributed by atoms with Crippen LogP contribution in [0.3, 0.4) is 0 Å². The molecule has 1 aromatic rings. The van der Waals surface area contributed by atoms with Gasteiger partial charge in [-0.15, -0.1) is 0 Å². The predicted octanol–water partition coefficient (Wildman–Crippen LogP) is -0.659. The zero-order valence-corrected chi connectivity index (χ0v) is 8.94. The number of carboxylic acids is 2. The van der Waals surface area contributed by atoms with E-state index in [9.17, 15) is 9.59 Å². The summed E-state index contributed by atoms with van der Waals surface area (Å²) in [4.78, 5) is 21.1. The van der Waals surface area contributed by atoms with Crippen molar-refractivity contribution < 1.29 is 19.8 Å². The SMILES string of the molecule is O=C(O)c1ccc(C(=O)O)c([AsH2])c1. The number of rotatable bonds is 2. The summed E-state index contributed by atoms with van der Waals surface area (Å²) in [5, 5.41) is 17.3. The summed E-state index contributed by atoms with van der Waals surface area (Å²) in [7, 11) is 0. The topological polar surface area (TPSA) is 74.6 Å². The Balaban J connectivity index is 3.20. The van der Waals surface area contributed by atoms with E-state index in [1.807, 2.05) is 0 Å². The fourth-order valence-electron chi connectivity index (χ4n) is 0.891. The van der Waals surface area contributed by atoms with Crippen molar-refractivity contribution in [2.75, 3.05) is 0 Å². The van der Waals surface area contributed by atoms with Crippen LogP contribution in [0, 0.1) is 0 Å². The average molecular weight is 242 g/mol. The van der Waals surface area contributed by atoms with Crippen LogP contribution in [0.1, 0.15) is 20.7 Å². The van der Waals surface area contributed by atoms with E-state index in [4.69, 9.17) is 10.2 Å². The Bertz CT molecular complexity index is 372. The molecular weight excluding hydrogens is 235 g/mol. The average Bonchev–Trinajstić information content (AvgIpc) is 2.03. The van der Waals surface area contributed by atoms with Gasteiger partial charge in [-0.05, 0) is 0 Å². The van der Waals surface area contributed by atoms with Crippen LogP contribution < -0.4 is 4.35 Å². The molecule has 0 heterocycles. The number of aromatic carboxylic acids is 2. The normalized spacial score (nSPS) is 9.62. The fourth-order valence-corrected chi connectivity index (χ4v) is 1.73. The number of carbonyl (C=O) groups is 2. The molecule has 0 spiro atoms. The zero-order chi connectivity index (χ0) is 10.0. The van der Waals surface area contributed by atoms with Crippen molar-refractivity contribution in [3.63, 3.8) is 0 Å². The maximum absolute atomic E-state index is 10.6. The van der Waals surface area contributed by atoms with Gasteiger partial charge in [0.05, 0.1) is 0 Å². The quantitative estimate of drug-likeness (QED) is 0.675. The van der Waals surface area contributed by atoms with E-state index in [0.29, 0.717) is 4.35 Å². The van der Waals surface area contributed by atoms with Gasteiger partial charge in [-0.2, -0.15) is 0 Å². The van der Waals surface area contributed by atoms with Crippen LogP contribution in [0.4, 0.5) is 0 Å². The number of carboxylic acid groups (broad SMARTS) is 2. The molecule has 1 atom stereocenters. The molecule has 0 bridgehead atoms. The van der Waals surface area contributed by atoms with Gasteiger partial charge in [-0.3, -0.25) is 0 Å². The Morgan fingerprint density at radius 3 is 2.15 bits per heavy atom. The maximum atomic E-state index is 10.6. The molecule has 68 valence electrons. The van der Waals surface area contributed by atoms with Gasteiger partial charge in [0.15, 0.2) is 0 Å². The fraction of sp³-hybridized carbons (Fsp3) is 0. The Labute approximate surface area is 82.7 Å². The van der Waals surface area contributed by atoms with Crippen molar-refractivity contribution in [3.05, 3.63) is 29.3 Å². The first-order valence-corrected chi connectivity index (χ1v) is 4.59. The van der Waals surface area contributed by atoms with E-state index in [2.05, 4.69) is 0 Å². The molecule has 5 heteroatoms. The van der Waals surface area contributed by atoms with Crippen LogP contribution in [0.25, 0.3) is 0 Å². The van der Waals surface area contributed by atoms with E-state index in [-0.39, 0.29) is 11.1 Å². The van der Waals surface area contributed by atoms with Gasteiger partial charge in [0.25, 0.3) is 0 Å². The second-order valence-electron chi connectivity index (χ2n) is 2.41. The van der Waals surface area contributed by atoms with Crippen molar-refractivity contribution in [2.45, 2.75) is 0 Å². The molecule has 1 aromatic carbocycles. The van der Waals surface area contributed by atoms with Crippen LogP contribution in [0.5, 0.6) is 0 Å². The molecule has 0 aliphatic heterocycles. The summed E-state index contributed by atoms with van der Waals surface area (Å²) in [6.45, 7) is 0. The second kappa shape index (κ2) is 3.62. The minimum atomic E-state index is -1.05. The summed E-state index contributed by atoms with van der Waals surface area (Å²) in [5.74, 6) is -2.08. The van der Waals surface area contributed by atoms with Gasteiger partial charge in [0.2, 0.25) is 0 Å². The van der Waals surface area contributed by atoms with Crippen molar-refractivity contribution in [1.29, 1.82) is 0 Å². The van der Waals surface area contributed by atoms with Crippen LogP contribution in [0.15, 0.2) is 18.2 Å². The summed E-state index contributed by atoms with van der Waals surface area (Å²) in [6.07, 6.45) is 0. The Morgan fingerprint density at radius 2 is 1.77 bits per heavy atom. The van der Waals surface area contributed by atoms with Crippen molar-refractivity contribution in [2.24, 2.45) is 0 Å². The predicted molar refractivity (Wildman–Crippen MR) is 48.5 cm³/mol. The third-order valence-electron chi connectivity index (χ3n) is 1.53. The van der Waals surface area contributed by atoms with Gasteiger partial charge >= 0.3 is 82.3 Å². The van der Waals surface area contributed by atoms with E-state index < -0.39 is 11.9 Å². The molecule has 1 rings (SSSR count). The molecule has 0 aromatic heterocycles. The van der Waals surface area contributed by atoms with Gasteiger partial charge in [-0.1, -0.05) is 0 Å². The minimum absolute atomic E-state index is 0.115. The molecule has 0 radical (unpaired) electrons. The van der Waals surface area contributed by atoms with Gasteiger partial charge in [-0.25, -0.2) is 0 Å². The molecule has 1 unspecified atom stereocenters. The van der Waals surface area contributed by atoms with Crippen molar-refractivity contribution in [3.8, 4) is 0 Å². The van der Waals surface area contributed by atoms with E-state index in [0.717, 1.165) is 16.9 Å². The summed E-state index contributed by atoms with van der Waals surface area (Å²) < 4.78 is 0.514. The summed E-state index contributed by atoms with van der Waals surface area (Å²) >= 11 is 1.10. The molecule has 0 amide bonds. The van der Waals surface area contributed by atoms with Gasteiger partial charge in [0.1, 0.15) is 0 Å². The molecule has 4 nitrogen and oxygen atoms in total. The number of hydrogen-bond acceptors (Lipinski definition) is 2. The molecule has 0 aliphatic carbocycles. The number of benzene rings is 1. The second-order valence-corrected chi connectivity index (χ2v) is 3.72. The zero-order valence-electron chi connectivity index (χ0n) is 6.52. The molecule has 2 N–H and O–H groups in total. The number of hydrogen-bond donors (Lipinski definition) is 2. The van der Waals surface area contributed by atoms with Crippen LogP contribution in [-0.2, 0) is 0 Å². The molecule has 0 fully saturated rings. The van der Waals surface area contributed by atoms with E-state index in [1.54, 1.807) is 0 Å². The first kappa shape index (κ1) is 9.80. The molecular formula is C8H7AsO4. The van der Waals surface area contributed by atoms with Crippen LogP contribution >= 0.6 is 0 Å². The molecule has 0 saturated carbocycles. The Hall–Kier alpha value is -1.28. The first-order chi connectivity index (χ1) is 6.02. The van der Waals surface area contributed by atoms with Crippen LogP contribution in [0.2, 0.25) is 0 Å². The third-order valence-corrected chi connectivity index (χ3v) is 2.53. The van der Waals surface area contributed by atoms with Gasteiger partial charge < -0.3 is 0 Å². The first-order valence-electron chi connectivity index (χ1n) is 3.38. The third kappa shape index (κ3) is 2.10. The van der Waals surface area contributed by atoms with Crippen molar-refractivity contribution in [1.82, 2.24) is 0 Å². The van der Waals surface area contributed by atoms with E-state index >= 15 is 0 Å².